The summed E-state index contributed by atoms with van der Waals surface area (Å²) in [4.78, 5) is 2.85. The van der Waals surface area contributed by atoms with Crippen molar-refractivity contribution in [3.8, 4) is 0 Å². The predicted molar refractivity (Wildman–Crippen MR) is 72.1 cm³/mol. The predicted octanol–water partition coefficient (Wildman–Crippen LogP) is 2.50. The normalized spacial score (nSPS) is 40.4. The van der Waals surface area contributed by atoms with Crippen LogP contribution in [-0.4, -0.2) is 37.1 Å². The van der Waals surface area contributed by atoms with Crippen LogP contribution in [0, 0.1) is 17.8 Å². The first-order valence-corrected chi connectivity index (χ1v) is 7.79. The average molecular weight is 236 g/mol. The molecule has 98 valence electrons. The number of nitrogens with zero attached hydrogens (tertiary/aromatic N) is 1. The molecule has 0 aromatic heterocycles. The fourth-order valence-electron chi connectivity index (χ4n) is 4.36. The lowest BCUT2D eigenvalue weighted by Gasteiger charge is -2.32. The number of likely N-dealkylation sites (tertiary alicyclic amines) is 1. The highest BCUT2D eigenvalue weighted by Gasteiger charge is 2.35. The summed E-state index contributed by atoms with van der Waals surface area (Å²) in [6.45, 7) is 7.67. The Morgan fingerprint density at radius 2 is 1.88 bits per heavy atom. The molecule has 0 bridgehead atoms. The largest absolute Gasteiger partial charge is 0.316 e. The van der Waals surface area contributed by atoms with E-state index in [-0.39, 0.29) is 0 Å². The molecule has 3 rings (SSSR count). The van der Waals surface area contributed by atoms with Crippen LogP contribution in [-0.2, 0) is 0 Å². The highest BCUT2D eigenvalue weighted by Crippen LogP contribution is 2.36. The zero-order chi connectivity index (χ0) is 11.7. The smallest absolute Gasteiger partial charge is 0.0124 e. The molecule has 3 aliphatic rings. The minimum Gasteiger partial charge on any atom is -0.316 e. The molecule has 2 heterocycles. The van der Waals surface area contributed by atoms with Gasteiger partial charge in [-0.3, -0.25) is 4.90 Å². The molecule has 2 nitrogen and oxygen atoms in total. The van der Waals surface area contributed by atoms with Crippen LogP contribution in [0.25, 0.3) is 0 Å². The van der Waals surface area contributed by atoms with Gasteiger partial charge in [0.1, 0.15) is 0 Å². The van der Waals surface area contributed by atoms with Gasteiger partial charge in [-0.05, 0) is 63.1 Å². The van der Waals surface area contributed by atoms with Crippen molar-refractivity contribution >= 4 is 0 Å². The summed E-state index contributed by atoms with van der Waals surface area (Å²) in [7, 11) is 0. The number of nitrogens with one attached hydrogen (secondary N) is 1. The van der Waals surface area contributed by atoms with Crippen molar-refractivity contribution < 1.29 is 0 Å². The van der Waals surface area contributed by atoms with Gasteiger partial charge in [-0.25, -0.2) is 0 Å². The van der Waals surface area contributed by atoms with Gasteiger partial charge in [0.2, 0.25) is 0 Å². The van der Waals surface area contributed by atoms with E-state index < -0.39 is 0 Å². The Morgan fingerprint density at radius 1 is 1.06 bits per heavy atom. The van der Waals surface area contributed by atoms with Crippen LogP contribution in [0.1, 0.15) is 45.4 Å². The van der Waals surface area contributed by atoms with Gasteiger partial charge < -0.3 is 5.32 Å². The van der Waals surface area contributed by atoms with E-state index in [4.69, 9.17) is 0 Å². The molecule has 1 N–H and O–H groups in total. The van der Waals surface area contributed by atoms with Crippen LogP contribution in [0.5, 0.6) is 0 Å². The standard InChI is InChI=1S/C15H28N2/c1-12-9-16-10-14(12)11-17-8-4-7-15(17)13-5-2-3-6-13/h12-16H,2-11H2,1H3/t12-,14+,15?/m1/s1. The minimum atomic E-state index is 0.889. The number of rotatable bonds is 3. The van der Waals surface area contributed by atoms with E-state index in [1.807, 2.05) is 0 Å². The van der Waals surface area contributed by atoms with Crippen molar-refractivity contribution in [3.05, 3.63) is 0 Å². The fraction of sp³-hybridized carbons (Fsp3) is 1.00. The maximum Gasteiger partial charge on any atom is 0.0124 e. The topological polar surface area (TPSA) is 15.3 Å². The summed E-state index contributed by atoms with van der Waals surface area (Å²) in [6, 6.07) is 0.949. The van der Waals surface area contributed by atoms with Crippen LogP contribution in [0.15, 0.2) is 0 Å². The molecule has 1 unspecified atom stereocenters. The molecule has 0 aromatic rings. The van der Waals surface area contributed by atoms with Crippen molar-refractivity contribution in [1.29, 1.82) is 0 Å². The van der Waals surface area contributed by atoms with Gasteiger partial charge in [0.25, 0.3) is 0 Å². The minimum absolute atomic E-state index is 0.889. The average Bonchev–Trinajstić information content (AvgIpc) is 3.02. The van der Waals surface area contributed by atoms with E-state index in [1.165, 1.54) is 64.7 Å². The highest BCUT2D eigenvalue weighted by atomic mass is 15.2. The zero-order valence-electron chi connectivity index (χ0n) is 11.3. The summed E-state index contributed by atoms with van der Waals surface area (Å²) in [5, 5.41) is 3.55. The van der Waals surface area contributed by atoms with E-state index >= 15 is 0 Å². The van der Waals surface area contributed by atoms with Crippen LogP contribution in [0.3, 0.4) is 0 Å². The Bertz CT molecular complexity index is 247. The summed E-state index contributed by atoms with van der Waals surface area (Å²) in [6.07, 6.45) is 8.96. The molecule has 17 heavy (non-hydrogen) atoms. The second kappa shape index (κ2) is 5.27. The van der Waals surface area contributed by atoms with Crippen LogP contribution >= 0.6 is 0 Å². The molecule has 2 aliphatic heterocycles. The number of hydrogen-bond donors (Lipinski definition) is 1. The molecule has 1 saturated carbocycles. The first kappa shape index (κ1) is 12.0. The van der Waals surface area contributed by atoms with Crippen molar-refractivity contribution in [2.24, 2.45) is 17.8 Å². The van der Waals surface area contributed by atoms with Gasteiger partial charge in [-0.2, -0.15) is 0 Å². The summed E-state index contributed by atoms with van der Waals surface area (Å²) >= 11 is 0. The van der Waals surface area contributed by atoms with E-state index in [0.717, 1.165) is 23.8 Å². The van der Waals surface area contributed by atoms with Crippen LogP contribution < -0.4 is 5.32 Å². The first-order valence-electron chi connectivity index (χ1n) is 7.79. The highest BCUT2D eigenvalue weighted by molar-refractivity contribution is 4.90. The zero-order valence-corrected chi connectivity index (χ0v) is 11.3. The molecule has 0 spiro atoms. The van der Waals surface area contributed by atoms with Gasteiger partial charge >= 0.3 is 0 Å². The first-order chi connectivity index (χ1) is 8.34. The molecule has 3 fully saturated rings. The van der Waals surface area contributed by atoms with Crippen molar-refractivity contribution in [2.75, 3.05) is 26.2 Å². The van der Waals surface area contributed by atoms with E-state index in [1.54, 1.807) is 0 Å². The van der Waals surface area contributed by atoms with Gasteiger partial charge in [0.15, 0.2) is 0 Å². The Morgan fingerprint density at radius 3 is 2.59 bits per heavy atom. The maximum absolute atomic E-state index is 3.55. The Hall–Kier alpha value is -0.0800. The number of hydrogen-bond acceptors (Lipinski definition) is 2. The van der Waals surface area contributed by atoms with E-state index in [2.05, 4.69) is 17.1 Å². The van der Waals surface area contributed by atoms with E-state index in [0.29, 0.717) is 0 Å². The van der Waals surface area contributed by atoms with Crippen LogP contribution in [0.4, 0.5) is 0 Å². The molecule has 0 aromatic carbocycles. The quantitative estimate of drug-likeness (QED) is 0.810. The molecule has 0 amide bonds. The van der Waals surface area contributed by atoms with Crippen molar-refractivity contribution in [2.45, 2.75) is 51.5 Å². The summed E-state index contributed by atoms with van der Waals surface area (Å²) < 4.78 is 0. The SMILES string of the molecule is C[C@@H]1CNC[C@H]1CN1CCCC1C1CCCC1. The molecule has 3 atom stereocenters. The second-order valence-corrected chi connectivity index (χ2v) is 6.64. The van der Waals surface area contributed by atoms with E-state index in [9.17, 15) is 0 Å². The molecule has 2 heteroatoms. The van der Waals surface area contributed by atoms with Crippen molar-refractivity contribution in [1.82, 2.24) is 10.2 Å². The second-order valence-electron chi connectivity index (χ2n) is 6.64. The van der Waals surface area contributed by atoms with Gasteiger partial charge in [-0.15, -0.1) is 0 Å². The third-order valence-electron chi connectivity index (χ3n) is 5.50. The lowest BCUT2D eigenvalue weighted by atomic mass is 9.93. The summed E-state index contributed by atoms with van der Waals surface area (Å²) in [5.74, 6) is 2.85. The molecule has 0 radical (unpaired) electrons. The third-order valence-corrected chi connectivity index (χ3v) is 5.50. The van der Waals surface area contributed by atoms with Gasteiger partial charge in [-0.1, -0.05) is 19.8 Å². The fourth-order valence-corrected chi connectivity index (χ4v) is 4.36. The summed E-state index contributed by atoms with van der Waals surface area (Å²) in [5.41, 5.74) is 0. The molecular formula is C15H28N2. The van der Waals surface area contributed by atoms with Gasteiger partial charge in [0.05, 0.1) is 0 Å². The Kier molecular flexibility index (Phi) is 3.72. The van der Waals surface area contributed by atoms with Crippen LogP contribution in [0.2, 0.25) is 0 Å². The maximum atomic E-state index is 3.55. The van der Waals surface area contributed by atoms with Crippen molar-refractivity contribution in [3.63, 3.8) is 0 Å². The molecular weight excluding hydrogens is 208 g/mol. The molecule has 1 aliphatic carbocycles. The Balaban J connectivity index is 1.57. The molecule has 2 saturated heterocycles. The van der Waals surface area contributed by atoms with Gasteiger partial charge in [0, 0.05) is 12.6 Å². The lowest BCUT2D eigenvalue weighted by molar-refractivity contribution is 0.158. The lowest BCUT2D eigenvalue weighted by Crippen LogP contribution is -2.39. The monoisotopic (exact) mass is 236 g/mol. The third kappa shape index (κ3) is 2.53. The Labute approximate surface area is 106 Å².